The minimum atomic E-state index is -1.28. The summed E-state index contributed by atoms with van der Waals surface area (Å²) in [4.78, 5) is 39.7. The Morgan fingerprint density at radius 2 is 1.89 bits per heavy atom. The summed E-state index contributed by atoms with van der Waals surface area (Å²) in [6.07, 6.45) is 6.49. The summed E-state index contributed by atoms with van der Waals surface area (Å²) in [5.74, 6) is 0.421. The van der Waals surface area contributed by atoms with Crippen LogP contribution in [0, 0.1) is 0 Å². The number of fused-ring (bicyclic) bond motifs is 1. The Labute approximate surface area is 264 Å². The lowest BCUT2D eigenvalue weighted by molar-refractivity contribution is -0.117. The van der Waals surface area contributed by atoms with Crippen molar-refractivity contribution in [1.82, 2.24) is 39.9 Å². The van der Waals surface area contributed by atoms with Crippen LogP contribution in [-0.2, 0) is 28.0 Å². The number of imidazole rings is 1. The van der Waals surface area contributed by atoms with Gasteiger partial charge >= 0.3 is 6.09 Å². The number of amides is 2. The second-order valence-electron chi connectivity index (χ2n) is 13.3. The predicted octanol–water partition coefficient (Wildman–Crippen LogP) is 4.61. The lowest BCUT2D eigenvalue weighted by Crippen LogP contribution is -2.40. The lowest BCUT2D eigenvalue weighted by Gasteiger charge is -2.22. The third kappa shape index (κ3) is 8.70. The van der Waals surface area contributed by atoms with E-state index >= 15 is 0 Å². The number of aryl methyl sites for hydroxylation is 2. The summed E-state index contributed by atoms with van der Waals surface area (Å²) in [5, 5.41) is 13.7. The largest absolute Gasteiger partial charge is 0.444 e. The topological polar surface area (TPSA) is 144 Å². The molecular formula is C31H47FN10O3. The Morgan fingerprint density at radius 3 is 2.56 bits per heavy atom. The highest BCUT2D eigenvalue weighted by Gasteiger charge is 2.36. The molecule has 1 fully saturated rings. The molecule has 13 nitrogen and oxygen atoms in total. The van der Waals surface area contributed by atoms with Gasteiger partial charge in [-0.25, -0.2) is 14.2 Å². The number of hydrogen-bond acceptors (Lipinski definition) is 9. The van der Waals surface area contributed by atoms with Crippen LogP contribution in [0.4, 0.5) is 26.6 Å². The second-order valence-corrected chi connectivity index (χ2v) is 13.3. The van der Waals surface area contributed by atoms with E-state index < -0.39 is 29.8 Å². The highest BCUT2D eigenvalue weighted by Crippen LogP contribution is 2.31. The molecule has 3 N–H and O–H groups in total. The Balaban J connectivity index is 1.49. The molecule has 0 aliphatic carbocycles. The van der Waals surface area contributed by atoms with Crippen LogP contribution >= 0.6 is 0 Å². The van der Waals surface area contributed by atoms with Crippen molar-refractivity contribution in [1.29, 1.82) is 0 Å². The van der Waals surface area contributed by atoms with E-state index in [4.69, 9.17) is 19.8 Å². The fourth-order valence-corrected chi connectivity index (χ4v) is 5.06. The van der Waals surface area contributed by atoms with Gasteiger partial charge in [0, 0.05) is 31.4 Å². The Hall–Kier alpha value is -4.23. The van der Waals surface area contributed by atoms with E-state index in [-0.39, 0.29) is 18.6 Å². The van der Waals surface area contributed by atoms with E-state index in [1.54, 1.807) is 11.2 Å². The molecule has 0 unspecified atom stereocenters. The van der Waals surface area contributed by atoms with Crippen molar-refractivity contribution < 1.29 is 18.7 Å². The zero-order chi connectivity index (χ0) is 32.9. The Kier molecular flexibility index (Phi) is 10.3. The van der Waals surface area contributed by atoms with Gasteiger partial charge in [0.05, 0.1) is 30.3 Å². The number of alkyl halides is 1. The average molecular weight is 627 g/mol. The van der Waals surface area contributed by atoms with E-state index in [0.717, 1.165) is 36.7 Å². The molecule has 0 spiro atoms. The predicted molar refractivity (Wildman–Crippen MR) is 173 cm³/mol. The minimum absolute atomic E-state index is 0.0438. The number of carbonyl (C=O) groups excluding carboxylic acids is 2. The van der Waals surface area contributed by atoms with Gasteiger partial charge in [0.15, 0.2) is 17.0 Å². The van der Waals surface area contributed by atoms with Crippen molar-refractivity contribution in [3.05, 3.63) is 30.9 Å². The fourth-order valence-electron chi connectivity index (χ4n) is 5.06. The zero-order valence-electron chi connectivity index (χ0n) is 27.5. The van der Waals surface area contributed by atoms with Crippen LogP contribution in [0.3, 0.4) is 0 Å². The number of alkyl carbamates (subject to hydrolysis) is 1. The molecule has 3 aromatic rings. The highest BCUT2D eigenvalue weighted by atomic mass is 19.1. The van der Waals surface area contributed by atoms with Gasteiger partial charge in [-0.15, -0.1) is 0 Å². The van der Waals surface area contributed by atoms with E-state index in [1.807, 2.05) is 43.1 Å². The van der Waals surface area contributed by atoms with Gasteiger partial charge in [0.2, 0.25) is 11.9 Å². The first-order valence-corrected chi connectivity index (χ1v) is 15.6. The number of nitrogens with one attached hydrogen (secondary N) is 3. The quantitative estimate of drug-likeness (QED) is 0.194. The normalized spacial score (nSPS) is 17.0. The number of aromatic nitrogens is 6. The molecule has 2 amide bonds. The summed E-state index contributed by atoms with van der Waals surface area (Å²) < 4.78 is 24.1. The van der Waals surface area contributed by atoms with Crippen LogP contribution in [0.2, 0.25) is 0 Å². The number of carbonyl (C=O) groups is 2. The van der Waals surface area contributed by atoms with E-state index in [1.165, 1.54) is 0 Å². The molecule has 3 aromatic heterocycles. The Morgan fingerprint density at radius 1 is 1.13 bits per heavy atom. The molecule has 45 heavy (non-hydrogen) atoms. The van der Waals surface area contributed by atoms with Crippen LogP contribution in [0.5, 0.6) is 0 Å². The van der Waals surface area contributed by atoms with Crippen molar-refractivity contribution in [2.45, 2.75) is 104 Å². The summed E-state index contributed by atoms with van der Waals surface area (Å²) >= 11 is 0. The van der Waals surface area contributed by atoms with Crippen LogP contribution < -0.4 is 20.9 Å². The monoisotopic (exact) mass is 626 g/mol. The molecule has 4 rings (SSSR count). The zero-order valence-corrected chi connectivity index (χ0v) is 27.5. The lowest BCUT2D eigenvalue weighted by atomic mass is 10.1. The maximum atomic E-state index is 14.9. The molecular weight excluding hydrogens is 579 g/mol. The van der Waals surface area contributed by atoms with Gasteiger partial charge in [-0.3, -0.25) is 9.48 Å². The molecule has 0 aromatic carbocycles. The number of halogens is 1. The molecule has 4 heterocycles. The third-order valence-corrected chi connectivity index (χ3v) is 7.31. The molecule has 1 aliphatic rings. The molecule has 1 aliphatic heterocycles. The molecule has 14 heteroatoms. The number of anilines is 3. The van der Waals surface area contributed by atoms with Crippen molar-refractivity contribution in [2.24, 2.45) is 0 Å². The van der Waals surface area contributed by atoms with Gasteiger partial charge in [0.25, 0.3) is 0 Å². The molecule has 246 valence electrons. The van der Waals surface area contributed by atoms with Gasteiger partial charge in [-0.05, 0) is 73.3 Å². The highest BCUT2D eigenvalue weighted by molar-refractivity contribution is 5.88. The second kappa shape index (κ2) is 13.8. The first-order chi connectivity index (χ1) is 21.2. The van der Waals surface area contributed by atoms with Crippen LogP contribution in [0.1, 0.15) is 73.4 Å². The van der Waals surface area contributed by atoms with Crippen molar-refractivity contribution in [3.8, 4) is 0 Å². The summed E-state index contributed by atoms with van der Waals surface area (Å²) in [5.41, 5.74) is 2.07. The van der Waals surface area contributed by atoms with Gasteiger partial charge in [-0.1, -0.05) is 13.5 Å². The smallest absolute Gasteiger partial charge is 0.407 e. The Bertz CT molecular complexity index is 1500. The molecule has 0 bridgehead atoms. The van der Waals surface area contributed by atoms with E-state index in [2.05, 4.69) is 48.3 Å². The average Bonchev–Trinajstić information content (AvgIpc) is 3.66. The summed E-state index contributed by atoms with van der Waals surface area (Å²) in [7, 11) is 0. The van der Waals surface area contributed by atoms with Crippen LogP contribution in [-0.4, -0.2) is 78.7 Å². The summed E-state index contributed by atoms with van der Waals surface area (Å²) in [6, 6.07) is -0.697. The fraction of sp³-hybridized carbons (Fsp3) is 0.613. The number of rotatable bonds is 12. The summed E-state index contributed by atoms with van der Waals surface area (Å²) in [6.45, 7) is 18.7. The number of unbranched alkanes of at least 4 members (excludes halogenated alkanes) is 2. The maximum absolute atomic E-state index is 14.9. The number of ether oxygens (including phenoxy) is 1. The standard InChI is InChI=1S/C31H47FN10O3/c1-9-21-23(18-41(39-21)15-13-11-12-14-33-29(44)45-31(6,7)8)36-26-25-27(42(19-34-25)30(3,4)5)38-28(37-26)40-16-20(32)22(17-40)35-24(43)10-2/h10,18-20,22H,2,9,11-17H2,1,3-8H3,(H,33,44)(H,35,43)(H,36,37,38)/t20-,22-/m1/s1. The maximum Gasteiger partial charge on any atom is 0.407 e. The molecule has 2 atom stereocenters. The van der Waals surface area contributed by atoms with Gasteiger partial charge in [0.1, 0.15) is 11.8 Å². The first-order valence-electron chi connectivity index (χ1n) is 15.6. The van der Waals surface area contributed by atoms with Gasteiger partial charge in [-0.2, -0.15) is 15.1 Å². The van der Waals surface area contributed by atoms with E-state index in [9.17, 15) is 14.0 Å². The van der Waals surface area contributed by atoms with E-state index in [0.29, 0.717) is 42.4 Å². The van der Waals surface area contributed by atoms with Crippen molar-refractivity contribution >= 4 is 40.6 Å². The third-order valence-electron chi connectivity index (χ3n) is 7.31. The number of nitrogens with zero attached hydrogens (tertiary/aromatic N) is 7. The molecule has 1 saturated heterocycles. The van der Waals surface area contributed by atoms with Crippen molar-refractivity contribution in [3.63, 3.8) is 0 Å². The van der Waals surface area contributed by atoms with Gasteiger partial charge < -0.3 is 30.2 Å². The molecule has 0 saturated carbocycles. The molecule has 0 radical (unpaired) electrons. The number of hydrogen-bond donors (Lipinski definition) is 3. The van der Waals surface area contributed by atoms with Crippen molar-refractivity contribution in [2.75, 3.05) is 29.9 Å². The first kappa shape index (κ1) is 33.7. The van der Waals surface area contributed by atoms with Crippen LogP contribution in [0.25, 0.3) is 11.2 Å². The SMILES string of the molecule is C=CC(=O)N[C@@H]1CN(c2nc(Nc3cn(CCCCCNC(=O)OC(C)(C)C)nc3CC)c3ncn(C(C)(C)C)c3n2)C[C@H]1F. The minimum Gasteiger partial charge on any atom is -0.444 e. The van der Waals surface area contributed by atoms with Crippen LogP contribution in [0.15, 0.2) is 25.2 Å².